The van der Waals surface area contributed by atoms with Crippen LogP contribution in [-0.2, 0) is 27.8 Å². The molecule has 15 heteroatoms. The molecule has 40 heavy (non-hydrogen) atoms. The number of anilines is 2. The van der Waals surface area contributed by atoms with Gasteiger partial charge in [-0.3, -0.25) is 14.6 Å². The number of benzene rings is 2. The van der Waals surface area contributed by atoms with Gasteiger partial charge in [0.15, 0.2) is 5.82 Å². The number of nitrogens with zero attached hydrogens (tertiary/aromatic N) is 2. The van der Waals surface area contributed by atoms with E-state index in [1.54, 1.807) is 0 Å². The van der Waals surface area contributed by atoms with Gasteiger partial charge in [-0.05, 0) is 29.3 Å². The fourth-order valence-electron chi connectivity index (χ4n) is 3.78. The van der Waals surface area contributed by atoms with Crippen LogP contribution in [0.25, 0.3) is 11.0 Å². The minimum absolute atomic E-state index is 0.0159. The average molecular weight is 573 g/mol. The second-order valence-corrected chi connectivity index (χ2v) is 10.3. The summed E-state index contributed by atoms with van der Waals surface area (Å²) in [6.07, 6.45) is 0.175. The number of rotatable bonds is 9. The molecule has 0 radical (unpaired) electrons. The molecule has 0 aliphatic rings. The first-order valence-corrected chi connectivity index (χ1v) is 13.2. The quantitative estimate of drug-likeness (QED) is 0.221. The van der Waals surface area contributed by atoms with Crippen LogP contribution in [0.3, 0.4) is 0 Å². The molecule has 0 unspecified atom stereocenters. The van der Waals surface area contributed by atoms with E-state index in [-0.39, 0.29) is 46.6 Å². The van der Waals surface area contributed by atoms with E-state index in [1.165, 1.54) is 67.7 Å². The van der Waals surface area contributed by atoms with Crippen molar-refractivity contribution < 1.29 is 31.6 Å². The Balaban J connectivity index is 1.79. The second kappa shape index (κ2) is 11.5. The summed E-state index contributed by atoms with van der Waals surface area (Å²) in [5.74, 6) is -0.978. The highest BCUT2D eigenvalue weighted by Crippen LogP contribution is 2.28. The summed E-state index contributed by atoms with van der Waals surface area (Å²) >= 11 is 0. The average Bonchev–Trinajstić information content (AvgIpc) is 3.40. The van der Waals surface area contributed by atoms with Gasteiger partial charge in [-0.2, -0.15) is 13.5 Å². The van der Waals surface area contributed by atoms with Gasteiger partial charge >= 0.3 is 11.7 Å². The highest BCUT2D eigenvalue weighted by Gasteiger charge is 2.22. The van der Waals surface area contributed by atoms with Crippen LogP contribution >= 0.6 is 0 Å². The SMILES string of the molecule is CNS(=O)(=O)Nc1cccc(Cc2c(CC(=O)Nc3ccn[nH]3)c3ccc(OC(=O)N(C)C)cc3oc2=O)c1F. The van der Waals surface area contributed by atoms with Crippen molar-refractivity contribution in [3.05, 3.63) is 81.6 Å². The first kappa shape index (κ1) is 28.3. The monoisotopic (exact) mass is 572 g/mol. The van der Waals surface area contributed by atoms with Crippen LogP contribution in [0.2, 0.25) is 0 Å². The number of amides is 2. The molecule has 210 valence electrons. The number of nitrogens with one attached hydrogen (secondary N) is 4. The molecule has 0 fully saturated rings. The van der Waals surface area contributed by atoms with Crippen molar-refractivity contribution in [3.63, 3.8) is 0 Å². The summed E-state index contributed by atoms with van der Waals surface area (Å²) < 4.78 is 53.9. The number of hydrogen-bond donors (Lipinski definition) is 4. The van der Waals surface area contributed by atoms with Crippen molar-refractivity contribution in [1.82, 2.24) is 19.8 Å². The van der Waals surface area contributed by atoms with E-state index in [0.29, 0.717) is 11.2 Å². The maximum Gasteiger partial charge on any atom is 0.414 e. The molecule has 0 spiro atoms. The van der Waals surface area contributed by atoms with E-state index < -0.39 is 33.7 Å². The Morgan fingerprint density at radius 1 is 1.15 bits per heavy atom. The first-order chi connectivity index (χ1) is 19.0. The molecule has 0 aliphatic carbocycles. The second-order valence-electron chi connectivity index (χ2n) is 8.73. The fraction of sp³-hybridized carbons (Fsp3) is 0.200. The Labute approximate surface area is 227 Å². The van der Waals surface area contributed by atoms with Crippen molar-refractivity contribution in [3.8, 4) is 5.75 Å². The third-order valence-electron chi connectivity index (χ3n) is 5.73. The summed E-state index contributed by atoms with van der Waals surface area (Å²) in [6.45, 7) is 0. The summed E-state index contributed by atoms with van der Waals surface area (Å²) in [5, 5.41) is 9.35. The van der Waals surface area contributed by atoms with E-state index in [1.807, 2.05) is 4.72 Å². The fourth-order valence-corrected chi connectivity index (χ4v) is 4.33. The Hall–Kier alpha value is -4.76. The van der Waals surface area contributed by atoms with Crippen LogP contribution in [0, 0.1) is 5.82 Å². The van der Waals surface area contributed by atoms with Gasteiger partial charge in [-0.25, -0.2) is 18.7 Å². The lowest BCUT2D eigenvalue weighted by molar-refractivity contribution is -0.115. The number of carbonyl (C=O) groups is 2. The summed E-state index contributed by atoms with van der Waals surface area (Å²) in [7, 11) is 0.163. The molecule has 0 saturated heterocycles. The zero-order valence-corrected chi connectivity index (χ0v) is 22.4. The molecule has 2 amide bonds. The van der Waals surface area contributed by atoms with Gasteiger partial charge in [-0.1, -0.05) is 12.1 Å². The zero-order chi connectivity index (χ0) is 29.0. The molecule has 4 rings (SSSR count). The number of ether oxygens (including phenoxy) is 1. The number of fused-ring (bicyclic) bond motifs is 1. The predicted molar refractivity (Wildman–Crippen MR) is 144 cm³/mol. The molecule has 2 aromatic carbocycles. The van der Waals surface area contributed by atoms with E-state index in [4.69, 9.17) is 9.15 Å². The third kappa shape index (κ3) is 6.44. The number of hydrogen-bond acceptors (Lipinski definition) is 8. The Bertz CT molecular complexity index is 1740. The van der Waals surface area contributed by atoms with Gasteiger partial charge < -0.3 is 19.4 Å². The van der Waals surface area contributed by atoms with Crippen molar-refractivity contribution in [2.75, 3.05) is 31.2 Å². The van der Waals surface area contributed by atoms with Gasteiger partial charge in [0.2, 0.25) is 5.91 Å². The number of aromatic amines is 1. The largest absolute Gasteiger partial charge is 0.422 e. The minimum Gasteiger partial charge on any atom is -0.422 e. The maximum absolute atomic E-state index is 15.3. The van der Waals surface area contributed by atoms with Gasteiger partial charge in [0.1, 0.15) is 17.2 Å². The van der Waals surface area contributed by atoms with E-state index in [9.17, 15) is 22.8 Å². The van der Waals surface area contributed by atoms with Crippen LogP contribution < -0.4 is 25.1 Å². The molecule has 2 heterocycles. The van der Waals surface area contributed by atoms with Gasteiger partial charge in [-0.15, -0.1) is 0 Å². The molecular formula is C25H25FN6O7S. The summed E-state index contributed by atoms with van der Waals surface area (Å²) in [5.41, 5.74) is -0.934. The lowest BCUT2D eigenvalue weighted by atomic mass is 9.95. The third-order valence-corrected chi connectivity index (χ3v) is 6.76. The Morgan fingerprint density at radius 2 is 1.93 bits per heavy atom. The Kier molecular flexibility index (Phi) is 8.16. The number of halogens is 1. The van der Waals surface area contributed by atoms with Gasteiger partial charge in [0.25, 0.3) is 10.2 Å². The van der Waals surface area contributed by atoms with Gasteiger partial charge in [0.05, 0.1) is 18.3 Å². The first-order valence-electron chi connectivity index (χ1n) is 11.7. The molecule has 13 nitrogen and oxygen atoms in total. The van der Waals surface area contributed by atoms with Crippen LogP contribution in [0.15, 0.2) is 57.9 Å². The van der Waals surface area contributed by atoms with Crippen LogP contribution in [0.1, 0.15) is 16.7 Å². The standard InChI is InChI=1S/C25H25FN6O7S/c1-27-40(36,37)31-19-6-4-5-14(23(19)26)11-18-17(13-22(33)29-21-9-10-28-30-21)16-8-7-15(38-25(35)32(2)3)12-20(16)39-24(18)34/h4-10,12,27,31H,11,13H2,1-3H3,(H2,28,29,30,33). The lowest BCUT2D eigenvalue weighted by Crippen LogP contribution is -2.27. The minimum atomic E-state index is -4.01. The highest BCUT2D eigenvalue weighted by atomic mass is 32.2. The van der Waals surface area contributed by atoms with Crippen molar-refractivity contribution in [1.29, 1.82) is 0 Å². The number of aromatic nitrogens is 2. The molecule has 4 aromatic rings. The predicted octanol–water partition coefficient (Wildman–Crippen LogP) is 2.36. The van der Waals surface area contributed by atoms with Crippen molar-refractivity contribution >= 4 is 44.7 Å². The van der Waals surface area contributed by atoms with Crippen LogP contribution in [0.5, 0.6) is 5.75 Å². The lowest BCUT2D eigenvalue weighted by Gasteiger charge is -2.15. The maximum atomic E-state index is 15.3. The topological polar surface area (TPSA) is 176 Å². The Morgan fingerprint density at radius 3 is 2.60 bits per heavy atom. The number of H-pyrrole nitrogens is 1. The van der Waals surface area contributed by atoms with E-state index in [0.717, 1.165) is 7.05 Å². The molecule has 4 N–H and O–H groups in total. The normalized spacial score (nSPS) is 11.3. The van der Waals surface area contributed by atoms with E-state index in [2.05, 4.69) is 20.2 Å². The number of carbonyl (C=O) groups excluding carboxylic acids is 2. The van der Waals surface area contributed by atoms with Gasteiger partial charge in [0, 0.05) is 50.6 Å². The summed E-state index contributed by atoms with van der Waals surface area (Å²) in [6, 6.07) is 9.90. The summed E-state index contributed by atoms with van der Waals surface area (Å²) in [4.78, 5) is 39.3. The van der Waals surface area contributed by atoms with Crippen LogP contribution in [0.4, 0.5) is 20.7 Å². The smallest absolute Gasteiger partial charge is 0.414 e. The molecule has 0 saturated carbocycles. The highest BCUT2D eigenvalue weighted by molar-refractivity contribution is 7.90. The van der Waals surface area contributed by atoms with Crippen molar-refractivity contribution in [2.24, 2.45) is 0 Å². The van der Waals surface area contributed by atoms with Crippen molar-refractivity contribution in [2.45, 2.75) is 12.8 Å². The van der Waals surface area contributed by atoms with Crippen LogP contribution in [-0.4, -0.2) is 56.7 Å². The molecule has 2 aromatic heterocycles. The molecule has 0 atom stereocenters. The van der Waals surface area contributed by atoms with E-state index >= 15 is 4.39 Å². The zero-order valence-electron chi connectivity index (χ0n) is 21.6. The molecule has 0 aliphatic heterocycles. The molecular weight excluding hydrogens is 547 g/mol. The molecule has 0 bridgehead atoms.